The Kier molecular flexibility index (Phi) is 12.1. The summed E-state index contributed by atoms with van der Waals surface area (Å²) < 4.78 is 5.47. The van der Waals surface area contributed by atoms with Crippen molar-refractivity contribution in [1.82, 2.24) is 9.80 Å². The Morgan fingerprint density at radius 2 is 1.11 bits per heavy atom. The average molecular weight is 643 g/mol. The van der Waals surface area contributed by atoms with Gasteiger partial charge in [-0.25, -0.2) is 4.79 Å². The minimum absolute atomic E-state index is 0.0349. The van der Waals surface area contributed by atoms with Crippen LogP contribution in [0.2, 0.25) is 0 Å². The summed E-state index contributed by atoms with van der Waals surface area (Å²) in [7, 11) is 0. The molecule has 3 aliphatic rings. The number of carbonyl (C=O) groups excluding carboxylic acids is 2. The number of carbonyl (C=O) groups is 3. The SMILES string of the molecule is CC(C)(C)OC(=O)N1CCCN(C(=O)C2CCN(c3ccc(C#N)cc3)CC2)CC1.N#Cc1ccc(N2CCC(C(=O)O)CC2)cc1. The summed E-state index contributed by atoms with van der Waals surface area (Å²) in [6.45, 7) is 11.2. The summed E-state index contributed by atoms with van der Waals surface area (Å²) in [5.74, 6) is -0.651. The maximum absolute atomic E-state index is 13.1. The van der Waals surface area contributed by atoms with Gasteiger partial charge in [-0.05, 0) is 101 Å². The molecule has 11 heteroatoms. The number of carboxylic acids is 1. The van der Waals surface area contributed by atoms with Crippen molar-refractivity contribution in [2.24, 2.45) is 11.8 Å². The first-order valence-electron chi connectivity index (χ1n) is 16.5. The van der Waals surface area contributed by atoms with Crippen molar-refractivity contribution in [3.63, 3.8) is 0 Å². The van der Waals surface area contributed by atoms with Crippen LogP contribution in [0.4, 0.5) is 16.2 Å². The summed E-state index contributed by atoms with van der Waals surface area (Å²) in [6, 6.07) is 19.2. The second-order valence-electron chi connectivity index (χ2n) is 13.3. The molecule has 250 valence electrons. The van der Waals surface area contributed by atoms with Crippen molar-refractivity contribution in [2.45, 2.75) is 58.5 Å². The Morgan fingerprint density at radius 3 is 1.53 bits per heavy atom. The molecule has 3 aliphatic heterocycles. The van der Waals surface area contributed by atoms with Gasteiger partial charge in [-0.3, -0.25) is 9.59 Å². The van der Waals surface area contributed by atoms with Gasteiger partial charge in [0.1, 0.15) is 5.60 Å². The number of carboxylic acid groups (broad SMARTS) is 1. The Bertz CT molecular complexity index is 1440. The normalized spacial score (nSPS) is 17.8. The van der Waals surface area contributed by atoms with E-state index in [9.17, 15) is 14.4 Å². The van der Waals surface area contributed by atoms with Gasteiger partial charge in [0.15, 0.2) is 0 Å². The van der Waals surface area contributed by atoms with Crippen LogP contribution in [-0.2, 0) is 14.3 Å². The van der Waals surface area contributed by atoms with Gasteiger partial charge < -0.3 is 29.4 Å². The highest BCUT2D eigenvalue weighted by atomic mass is 16.6. The van der Waals surface area contributed by atoms with Gasteiger partial charge in [0, 0.05) is 69.7 Å². The molecule has 5 rings (SSSR count). The highest BCUT2D eigenvalue weighted by molar-refractivity contribution is 5.79. The molecule has 0 saturated carbocycles. The molecule has 1 N–H and O–H groups in total. The second kappa shape index (κ2) is 16.2. The average Bonchev–Trinajstić information content (AvgIpc) is 3.34. The van der Waals surface area contributed by atoms with Crippen LogP contribution in [0.25, 0.3) is 0 Å². The highest BCUT2D eigenvalue weighted by Gasteiger charge is 2.31. The number of amides is 2. The van der Waals surface area contributed by atoms with E-state index >= 15 is 0 Å². The summed E-state index contributed by atoms with van der Waals surface area (Å²) >= 11 is 0. The van der Waals surface area contributed by atoms with Gasteiger partial charge in [-0.15, -0.1) is 0 Å². The van der Waals surface area contributed by atoms with E-state index in [4.69, 9.17) is 20.4 Å². The van der Waals surface area contributed by atoms with Crippen molar-refractivity contribution in [3.8, 4) is 12.1 Å². The summed E-state index contributed by atoms with van der Waals surface area (Å²) in [5.41, 5.74) is 2.96. The van der Waals surface area contributed by atoms with Crippen LogP contribution >= 0.6 is 0 Å². The largest absolute Gasteiger partial charge is 0.481 e. The molecule has 3 heterocycles. The lowest BCUT2D eigenvalue weighted by molar-refractivity contribution is -0.142. The van der Waals surface area contributed by atoms with E-state index in [2.05, 4.69) is 21.9 Å². The standard InChI is InChI=1S/C23H32N4O3.C13H14N2O2/c1-23(2,3)30-22(29)27-12-4-11-26(15-16-27)21(28)19-9-13-25(14-10-19)20-7-5-18(17-24)6-8-20;14-9-10-1-3-12(4-2-10)15-7-5-11(6-8-15)13(16)17/h5-8,19H,4,9-16H2,1-3H3;1-4,11H,5-8H2,(H,16,17). The van der Waals surface area contributed by atoms with Crippen molar-refractivity contribution in [3.05, 3.63) is 59.7 Å². The molecule has 0 aromatic heterocycles. The first-order valence-corrected chi connectivity index (χ1v) is 16.5. The van der Waals surface area contributed by atoms with Crippen molar-refractivity contribution < 1.29 is 24.2 Å². The van der Waals surface area contributed by atoms with E-state index in [0.717, 1.165) is 56.8 Å². The molecule has 0 spiro atoms. The molecule has 0 atom stereocenters. The number of ether oxygens (including phenoxy) is 1. The molecule has 0 aliphatic carbocycles. The molecule has 3 saturated heterocycles. The zero-order valence-corrected chi connectivity index (χ0v) is 27.7. The van der Waals surface area contributed by atoms with E-state index < -0.39 is 11.6 Å². The zero-order chi connectivity index (χ0) is 34.0. The Hall–Kier alpha value is -4.77. The van der Waals surface area contributed by atoms with Crippen LogP contribution in [-0.4, -0.2) is 90.8 Å². The van der Waals surface area contributed by atoms with E-state index in [0.29, 0.717) is 50.1 Å². The Labute approximate surface area is 277 Å². The maximum Gasteiger partial charge on any atom is 0.410 e. The fourth-order valence-corrected chi connectivity index (χ4v) is 6.17. The smallest absolute Gasteiger partial charge is 0.410 e. The molecule has 2 amide bonds. The highest BCUT2D eigenvalue weighted by Crippen LogP contribution is 2.26. The molecule has 2 aromatic rings. The van der Waals surface area contributed by atoms with Crippen LogP contribution < -0.4 is 9.80 Å². The fourth-order valence-electron chi connectivity index (χ4n) is 6.17. The number of benzene rings is 2. The Balaban J connectivity index is 0.000000248. The minimum Gasteiger partial charge on any atom is -0.481 e. The molecule has 11 nitrogen and oxygen atoms in total. The van der Waals surface area contributed by atoms with Gasteiger partial charge in [0.25, 0.3) is 0 Å². The number of anilines is 2. The molecule has 47 heavy (non-hydrogen) atoms. The summed E-state index contributed by atoms with van der Waals surface area (Å²) in [5, 5.41) is 26.6. The van der Waals surface area contributed by atoms with Crippen LogP contribution in [0.5, 0.6) is 0 Å². The van der Waals surface area contributed by atoms with Crippen molar-refractivity contribution in [1.29, 1.82) is 10.5 Å². The van der Waals surface area contributed by atoms with Crippen molar-refractivity contribution in [2.75, 3.05) is 62.2 Å². The third kappa shape index (κ3) is 10.1. The number of aliphatic carboxylic acids is 1. The Morgan fingerprint density at radius 1 is 0.681 bits per heavy atom. The predicted octanol–water partition coefficient (Wildman–Crippen LogP) is 5.10. The lowest BCUT2D eigenvalue weighted by Gasteiger charge is -2.35. The second-order valence-corrected chi connectivity index (χ2v) is 13.3. The third-order valence-corrected chi connectivity index (χ3v) is 8.87. The van der Waals surface area contributed by atoms with Gasteiger partial charge in [-0.1, -0.05) is 0 Å². The lowest BCUT2D eigenvalue weighted by atomic mass is 9.94. The molecule has 0 radical (unpaired) electrons. The summed E-state index contributed by atoms with van der Waals surface area (Å²) in [6.07, 6.45) is 3.50. The predicted molar refractivity (Wildman–Crippen MR) is 179 cm³/mol. The van der Waals surface area contributed by atoms with E-state index in [1.165, 1.54) is 0 Å². The van der Waals surface area contributed by atoms with Gasteiger partial charge in [0.05, 0.1) is 29.2 Å². The van der Waals surface area contributed by atoms with Crippen LogP contribution in [0, 0.1) is 34.5 Å². The minimum atomic E-state index is -0.690. The monoisotopic (exact) mass is 642 g/mol. The maximum atomic E-state index is 13.1. The van der Waals surface area contributed by atoms with Crippen molar-refractivity contribution >= 4 is 29.3 Å². The van der Waals surface area contributed by atoms with Crippen LogP contribution in [0.3, 0.4) is 0 Å². The number of hydrogen-bond donors (Lipinski definition) is 1. The van der Waals surface area contributed by atoms with E-state index in [-0.39, 0.29) is 23.8 Å². The van der Waals surface area contributed by atoms with Gasteiger partial charge in [0.2, 0.25) is 5.91 Å². The molecular weight excluding hydrogens is 596 g/mol. The number of hydrogen-bond acceptors (Lipinski definition) is 8. The topological polar surface area (TPSA) is 141 Å². The zero-order valence-electron chi connectivity index (χ0n) is 27.7. The quantitative estimate of drug-likeness (QED) is 0.482. The first kappa shape index (κ1) is 35.1. The number of piperidine rings is 2. The van der Waals surface area contributed by atoms with Crippen LogP contribution in [0.1, 0.15) is 64.0 Å². The molecule has 2 aromatic carbocycles. The fraction of sp³-hybridized carbons (Fsp3) is 0.528. The third-order valence-electron chi connectivity index (χ3n) is 8.87. The number of nitrogens with zero attached hydrogens (tertiary/aromatic N) is 6. The lowest BCUT2D eigenvalue weighted by Crippen LogP contribution is -2.44. The molecule has 0 unspecified atom stereocenters. The van der Waals surface area contributed by atoms with Gasteiger partial charge in [-0.2, -0.15) is 10.5 Å². The number of nitriles is 2. The molecular formula is C36H46N6O5. The molecule has 0 bridgehead atoms. The summed E-state index contributed by atoms with van der Waals surface area (Å²) in [4.78, 5) is 44.3. The number of rotatable bonds is 4. The van der Waals surface area contributed by atoms with Gasteiger partial charge >= 0.3 is 12.1 Å². The van der Waals surface area contributed by atoms with E-state index in [1.807, 2.05) is 62.1 Å². The first-order chi connectivity index (χ1) is 22.5. The molecule has 3 fully saturated rings. The van der Waals surface area contributed by atoms with E-state index in [1.54, 1.807) is 17.0 Å². The van der Waals surface area contributed by atoms with Crippen LogP contribution in [0.15, 0.2) is 48.5 Å².